The van der Waals surface area contributed by atoms with Crippen LogP contribution in [-0.2, 0) is 6.42 Å². The van der Waals surface area contributed by atoms with Gasteiger partial charge in [-0.25, -0.2) is 0 Å². The van der Waals surface area contributed by atoms with Crippen molar-refractivity contribution in [3.05, 3.63) is 59.2 Å². The molecule has 1 aliphatic heterocycles. The Morgan fingerprint density at radius 2 is 2.12 bits per heavy atom. The molecule has 2 aromatic heterocycles. The molecule has 1 atom stereocenters. The maximum Gasteiger partial charge on any atom is 0.259 e. The van der Waals surface area contributed by atoms with Crippen molar-refractivity contribution >= 4 is 16.7 Å². The number of likely N-dealkylation sites (tertiary alicyclic amines) is 1. The Bertz CT molecular complexity index is 923. The molecule has 0 N–H and O–H groups in total. The van der Waals surface area contributed by atoms with Crippen molar-refractivity contribution in [1.82, 2.24) is 15.0 Å². The molecule has 0 spiro atoms. The monoisotopic (exact) mass is 349 g/mol. The van der Waals surface area contributed by atoms with Crippen LogP contribution in [0.4, 0.5) is 0 Å². The first-order valence-corrected chi connectivity index (χ1v) is 9.17. The molecule has 1 unspecified atom stereocenters. The second-order valence-electron chi connectivity index (χ2n) is 7.18. The number of carbonyl (C=O) groups is 1. The van der Waals surface area contributed by atoms with Crippen molar-refractivity contribution in [2.45, 2.75) is 33.1 Å². The highest BCUT2D eigenvalue weighted by Gasteiger charge is 2.28. The zero-order chi connectivity index (χ0) is 18.1. The molecule has 0 saturated carbocycles. The first kappa shape index (κ1) is 16.8. The van der Waals surface area contributed by atoms with Crippen molar-refractivity contribution in [2.24, 2.45) is 5.92 Å². The number of carbonyl (C=O) groups excluding carboxylic acids is 1. The van der Waals surface area contributed by atoms with Gasteiger partial charge in [0.25, 0.3) is 5.91 Å². The Balaban J connectivity index is 1.53. The Morgan fingerprint density at radius 1 is 1.27 bits per heavy atom. The lowest BCUT2D eigenvalue weighted by atomic mass is 9.90. The van der Waals surface area contributed by atoms with E-state index in [-0.39, 0.29) is 5.91 Å². The first-order valence-electron chi connectivity index (χ1n) is 9.17. The summed E-state index contributed by atoms with van der Waals surface area (Å²) in [4.78, 5) is 19.3. The van der Waals surface area contributed by atoms with E-state index in [1.807, 2.05) is 30.3 Å². The normalized spacial score (nSPS) is 17.6. The van der Waals surface area contributed by atoms with Crippen LogP contribution in [0.2, 0.25) is 0 Å². The van der Waals surface area contributed by atoms with Crippen molar-refractivity contribution in [3.63, 3.8) is 0 Å². The molecule has 0 aliphatic carbocycles. The van der Waals surface area contributed by atoms with Gasteiger partial charge in [0.15, 0.2) is 0 Å². The van der Waals surface area contributed by atoms with E-state index in [4.69, 9.17) is 4.52 Å². The zero-order valence-corrected chi connectivity index (χ0v) is 15.2. The number of aryl methyl sites for hydroxylation is 2. The second-order valence-corrected chi connectivity index (χ2v) is 7.18. The molecule has 0 radical (unpaired) electrons. The maximum absolute atomic E-state index is 12.9. The Labute approximate surface area is 153 Å². The standard InChI is InChI=1S/C21H23N3O2/c1-14-20(15(2)26-23-14)21(25)24-9-5-6-16(13-24)10-18-12-22-11-17-7-3-4-8-19(17)18/h3-4,7-8,11-12,16H,5-6,9-10,13H2,1-2H3. The average Bonchev–Trinajstić information content (AvgIpc) is 3.00. The lowest BCUT2D eigenvalue weighted by Crippen LogP contribution is -2.40. The Morgan fingerprint density at radius 3 is 2.92 bits per heavy atom. The Kier molecular flexibility index (Phi) is 4.45. The van der Waals surface area contributed by atoms with E-state index >= 15 is 0 Å². The van der Waals surface area contributed by atoms with Crippen LogP contribution in [0.25, 0.3) is 10.8 Å². The third-order valence-electron chi connectivity index (χ3n) is 5.31. The summed E-state index contributed by atoms with van der Waals surface area (Å²) in [5.41, 5.74) is 2.56. The van der Waals surface area contributed by atoms with Gasteiger partial charge in [0.1, 0.15) is 11.3 Å². The summed E-state index contributed by atoms with van der Waals surface area (Å²) in [7, 11) is 0. The Hall–Kier alpha value is -2.69. The molecule has 3 aromatic rings. The molecule has 26 heavy (non-hydrogen) atoms. The van der Waals surface area contributed by atoms with Crippen LogP contribution in [0.1, 0.15) is 40.2 Å². The van der Waals surface area contributed by atoms with Crippen molar-refractivity contribution in [3.8, 4) is 0 Å². The average molecular weight is 349 g/mol. The molecule has 0 bridgehead atoms. The number of pyridine rings is 1. The minimum Gasteiger partial charge on any atom is -0.361 e. The van der Waals surface area contributed by atoms with E-state index in [1.54, 1.807) is 6.92 Å². The van der Waals surface area contributed by atoms with Crippen LogP contribution < -0.4 is 0 Å². The predicted molar refractivity (Wildman–Crippen MR) is 100 cm³/mol. The van der Waals surface area contributed by atoms with Crippen molar-refractivity contribution in [2.75, 3.05) is 13.1 Å². The predicted octanol–water partition coefficient (Wildman–Crippen LogP) is 3.93. The van der Waals surface area contributed by atoms with Gasteiger partial charge in [-0.3, -0.25) is 9.78 Å². The van der Waals surface area contributed by atoms with Gasteiger partial charge in [-0.15, -0.1) is 0 Å². The van der Waals surface area contributed by atoms with E-state index < -0.39 is 0 Å². The van der Waals surface area contributed by atoms with Gasteiger partial charge in [0.2, 0.25) is 0 Å². The molecule has 1 aliphatic rings. The number of nitrogens with zero attached hydrogens (tertiary/aromatic N) is 3. The van der Waals surface area contributed by atoms with Gasteiger partial charge in [-0.2, -0.15) is 0 Å². The highest BCUT2D eigenvalue weighted by atomic mass is 16.5. The lowest BCUT2D eigenvalue weighted by Gasteiger charge is -2.33. The van der Waals surface area contributed by atoms with Crippen molar-refractivity contribution < 1.29 is 9.32 Å². The van der Waals surface area contributed by atoms with Gasteiger partial charge in [0, 0.05) is 30.9 Å². The third-order valence-corrected chi connectivity index (χ3v) is 5.31. The second kappa shape index (κ2) is 6.90. The van der Waals surface area contributed by atoms with E-state index in [9.17, 15) is 4.79 Å². The number of rotatable bonds is 3. The number of fused-ring (bicyclic) bond motifs is 1. The number of piperidine rings is 1. The third kappa shape index (κ3) is 3.09. The van der Waals surface area contributed by atoms with E-state index in [0.717, 1.165) is 32.4 Å². The van der Waals surface area contributed by atoms with Gasteiger partial charge >= 0.3 is 0 Å². The van der Waals surface area contributed by atoms with Crippen LogP contribution in [0.3, 0.4) is 0 Å². The molecule has 5 nitrogen and oxygen atoms in total. The molecule has 4 rings (SSSR count). The molecule has 1 fully saturated rings. The maximum atomic E-state index is 12.9. The number of hydrogen-bond acceptors (Lipinski definition) is 4. The molecular formula is C21H23N3O2. The lowest BCUT2D eigenvalue weighted by molar-refractivity contribution is 0.0671. The van der Waals surface area contributed by atoms with Gasteiger partial charge < -0.3 is 9.42 Å². The minimum absolute atomic E-state index is 0.0435. The highest BCUT2D eigenvalue weighted by molar-refractivity contribution is 5.96. The van der Waals surface area contributed by atoms with E-state index in [1.165, 1.54) is 16.3 Å². The van der Waals surface area contributed by atoms with Gasteiger partial charge in [0.05, 0.1) is 5.69 Å². The summed E-state index contributed by atoms with van der Waals surface area (Å²) < 4.78 is 5.17. The number of hydrogen-bond donors (Lipinski definition) is 0. The zero-order valence-electron chi connectivity index (χ0n) is 15.2. The smallest absolute Gasteiger partial charge is 0.259 e. The summed E-state index contributed by atoms with van der Waals surface area (Å²) in [6, 6.07) is 8.36. The quantitative estimate of drug-likeness (QED) is 0.719. The fraction of sp³-hybridized carbons (Fsp3) is 0.381. The molecule has 1 aromatic carbocycles. The van der Waals surface area contributed by atoms with Crippen LogP contribution in [0.5, 0.6) is 0 Å². The SMILES string of the molecule is Cc1noc(C)c1C(=O)N1CCCC(Cc2cncc3ccccc23)C1. The number of benzene rings is 1. The summed E-state index contributed by atoms with van der Waals surface area (Å²) >= 11 is 0. The molecule has 3 heterocycles. The van der Waals surface area contributed by atoms with Crippen LogP contribution in [0.15, 0.2) is 41.2 Å². The minimum atomic E-state index is 0.0435. The molecule has 134 valence electrons. The molecular weight excluding hydrogens is 326 g/mol. The summed E-state index contributed by atoms with van der Waals surface area (Å²) in [6.07, 6.45) is 6.98. The molecule has 5 heteroatoms. The number of aromatic nitrogens is 2. The van der Waals surface area contributed by atoms with Gasteiger partial charge in [-0.1, -0.05) is 29.4 Å². The summed E-state index contributed by atoms with van der Waals surface area (Å²) in [5.74, 6) is 1.09. The topological polar surface area (TPSA) is 59.2 Å². The first-order chi connectivity index (χ1) is 12.6. The van der Waals surface area contributed by atoms with Crippen LogP contribution >= 0.6 is 0 Å². The molecule has 1 saturated heterocycles. The molecule has 1 amide bonds. The van der Waals surface area contributed by atoms with Crippen molar-refractivity contribution in [1.29, 1.82) is 0 Å². The van der Waals surface area contributed by atoms with E-state index in [0.29, 0.717) is 22.9 Å². The summed E-state index contributed by atoms with van der Waals surface area (Å²) in [6.45, 7) is 5.20. The fourth-order valence-corrected chi connectivity index (χ4v) is 4.02. The highest BCUT2D eigenvalue weighted by Crippen LogP contribution is 2.26. The fourth-order valence-electron chi connectivity index (χ4n) is 4.02. The number of amides is 1. The van der Waals surface area contributed by atoms with Crippen LogP contribution in [-0.4, -0.2) is 34.0 Å². The van der Waals surface area contributed by atoms with Crippen LogP contribution in [0, 0.1) is 19.8 Å². The largest absolute Gasteiger partial charge is 0.361 e. The van der Waals surface area contributed by atoms with Gasteiger partial charge in [-0.05, 0) is 50.0 Å². The summed E-state index contributed by atoms with van der Waals surface area (Å²) in [5, 5.41) is 6.35. The van der Waals surface area contributed by atoms with E-state index in [2.05, 4.69) is 28.3 Å².